The summed E-state index contributed by atoms with van der Waals surface area (Å²) in [6.45, 7) is 14.0. The second kappa shape index (κ2) is 5.84. The van der Waals surface area contributed by atoms with Gasteiger partial charge in [0, 0.05) is 51.4 Å². The smallest absolute Gasteiger partial charge is 0.0346 e. The lowest BCUT2D eigenvalue weighted by molar-refractivity contribution is 0.0551. The highest BCUT2D eigenvalue weighted by atomic mass is 15.3. The van der Waals surface area contributed by atoms with Gasteiger partial charge in [-0.25, -0.2) is 0 Å². The van der Waals surface area contributed by atoms with Gasteiger partial charge in [-0.2, -0.15) is 0 Å². The molecule has 3 rings (SSSR count). The Labute approximate surface area is 123 Å². The molecule has 1 atom stereocenters. The molecule has 1 aromatic carbocycles. The van der Waals surface area contributed by atoms with Crippen LogP contribution in [0.25, 0.3) is 0 Å². The average molecular weight is 273 g/mol. The van der Waals surface area contributed by atoms with Gasteiger partial charge in [-0.15, -0.1) is 0 Å². The zero-order chi connectivity index (χ0) is 14.1. The second-order valence-electron chi connectivity index (χ2n) is 6.42. The molecule has 0 amide bonds. The van der Waals surface area contributed by atoms with Gasteiger partial charge < -0.3 is 5.32 Å². The molecule has 2 aliphatic rings. The van der Waals surface area contributed by atoms with E-state index in [9.17, 15) is 0 Å². The van der Waals surface area contributed by atoms with Crippen LogP contribution in [0.2, 0.25) is 0 Å². The minimum absolute atomic E-state index is 0.538. The van der Waals surface area contributed by atoms with Crippen LogP contribution in [-0.2, 0) is 0 Å². The maximum absolute atomic E-state index is 3.38. The first-order valence-corrected chi connectivity index (χ1v) is 7.91. The van der Waals surface area contributed by atoms with Gasteiger partial charge in [0.05, 0.1) is 0 Å². The van der Waals surface area contributed by atoms with E-state index < -0.39 is 0 Å². The maximum atomic E-state index is 3.38. The standard InChI is InChI=1S/C17H27N3/c1-13-4-5-14(2)17(10-13)15(3)19-6-8-20(9-7-19)16-11-18-12-16/h4-5,10,15-16,18H,6-9,11-12H2,1-3H3. The lowest BCUT2D eigenvalue weighted by atomic mass is 9.98. The Morgan fingerprint density at radius 1 is 1.10 bits per heavy atom. The van der Waals surface area contributed by atoms with Crippen molar-refractivity contribution in [2.24, 2.45) is 0 Å². The number of hydrogen-bond acceptors (Lipinski definition) is 3. The molecule has 2 saturated heterocycles. The van der Waals surface area contributed by atoms with Crippen LogP contribution < -0.4 is 5.32 Å². The number of nitrogens with zero attached hydrogens (tertiary/aromatic N) is 2. The molecule has 0 aliphatic carbocycles. The zero-order valence-electron chi connectivity index (χ0n) is 13.0. The number of hydrogen-bond donors (Lipinski definition) is 1. The highest BCUT2D eigenvalue weighted by molar-refractivity contribution is 5.32. The van der Waals surface area contributed by atoms with Crippen LogP contribution in [0, 0.1) is 13.8 Å². The lowest BCUT2D eigenvalue weighted by Gasteiger charge is -2.45. The molecular formula is C17H27N3. The van der Waals surface area contributed by atoms with Crippen LogP contribution in [-0.4, -0.2) is 55.1 Å². The van der Waals surface area contributed by atoms with Gasteiger partial charge in [-0.3, -0.25) is 9.80 Å². The molecule has 3 heteroatoms. The van der Waals surface area contributed by atoms with Crippen LogP contribution in [0.15, 0.2) is 18.2 Å². The van der Waals surface area contributed by atoms with E-state index in [2.05, 4.69) is 54.1 Å². The summed E-state index contributed by atoms with van der Waals surface area (Å²) in [6, 6.07) is 8.18. The number of rotatable bonds is 3. The second-order valence-corrected chi connectivity index (χ2v) is 6.42. The maximum Gasteiger partial charge on any atom is 0.0346 e. The first-order valence-electron chi connectivity index (χ1n) is 7.91. The van der Waals surface area contributed by atoms with Gasteiger partial charge in [0.25, 0.3) is 0 Å². The third-order valence-corrected chi connectivity index (χ3v) is 5.06. The van der Waals surface area contributed by atoms with E-state index in [1.165, 1.54) is 56.0 Å². The minimum atomic E-state index is 0.538. The summed E-state index contributed by atoms with van der Waals surface area (Å²) < 4.78 is 0. The van der Waals surface area contributed by atoms with E-state index in [1.807, 2.05) is 0 Å². The van der Waals surface area contributed by atoms with Gasteiger partial charge in [0.15, 0.2) is 0 Å². The number of nitrogens with one attached hydrogen (secondary N) is 1. The van der Waals surface area contributed by atoms with Crippen molar-refractivity contribution in [3.63, 3.8) is 0 Å². The molecule has 1 N–H and O–H groups in total. The molecule has 0 saturated carbocycles. The number of piperazine rings is 1. The van der Waals surface area contributed by atoms with Gasteiger partial charge in [-0.1, -0.05) is 23.8 Å². The fourth-order valence-electron chi connectivity index (χ4n) is 3.43. The Kier molecular flexibility index (Phi) is 4.11. The van der Waals surface area contributed by atoms with Crippen molar-refractivity contribution in [1.82, 2.24) is 15.1 Å². The summed E-state index contributed by atoms with van der Waals surface area (Å²) >= 11 is 0. The summed E-state index contributed by atoms with van der Waals surface area (Å²) in [5, 5.41) is 3.38. The summed E-state index contributed by atoms with van der Waals surface area (Å²) in [6.07, 6.45) is 0. The lowest BCUT2D eigenvalue weighted by Crippen LogP contribution is -2.61. The first kappa shape index (κ1) is 14.1. The highest BCUT2D eigenvalue weighted by Gasteiger charge is 2.29. The zero-order valence-corrected chi connectivity index (χ0v) is 13.0. The number of benzene rings is 1. The van der Waals surface area contributed by atoms with Crippen LogP contribution in [0.3, 0.4) is 0 Å². The normalized spacial score (nSPS) is 23.6. The van der Waals surface area contributed by atoms with Gasteiger partial charge in [0.2, 0.25) is 0 Å². The molecule has 0 bridgehead atoms. The Hall–Kier alpha value is -0.900. The molecule has 2 fully saturated rings. The van der Waals surface area contributed by atoms with Crippen LogP contribution in [0.1, 0.15) is 29.7 Å². The molecule has 0 spiro atoms. The van der Waals surface area contributed by atoms with Gasteiger partial charge >= 0.3 is 0 Å². The fraction of sp³-hybridized carbons (Fsp3) is 0.647. The Morgan fingerprint density at radius 2 is 1.80 bits per heavy atom. The van der Waals surface area contributed by atoms with E-state index in [4.69, 9.17) is 0 Å². The molecule has 110 valence electrons. The van der Waals surface area contributed by atoms with Crippen molar-refractivity contribution < 1.29 is 0 Å². The third-order valence-electron chi connectivity index (χ3n) is 5.06. The molecule has 0 aromatic heterocycles. The summed E-state index contributed by atoms with van der Waals surface area (Å²) in [7, 11) is 0. The molecule has 2 aliphatic heterocycles. The number of aryl methyl sites for hydroxylation is 2. The van der Waals surface area contributed by atoms with Crippen molar-refractivity contribution in [3.05, 3.63) is 34.9 Å². The predicted octanol–water partition coefficient (Wildman–Crippen LogP) is 1.95. The average Bonchev–Trinajstić information content (AvgIpc) is 2.40. The summed E-state index contributed by atoms with van der Waals surface area (Å²) in [5.41, 5.74) is 4.30. The Morgan fingerprint density at radius 3 is 2.40 bits per heavy atom. The Balaban J connectivity index is 1.63. The van der Waals surface area contributed by atoms with Crippen LogP contribution in [0.4, 0.5) is 0 Å². The van der Waals surface area contributed by atoms with E-state index in [-0.39, 0.29) is 0 Å². The van der Waals surface area contributed by atoms with E-state index in [0.717, 1.165) is 6.04 Å². The van der Waals surface area contributed by atoms with E-state index in [0.29, 0.717) is 6.04 Å². The predicted molar refractivity (Wildman–Crippen MR) is 84.1 cm³/mol. The monoisotopic (exact) mass is 273 g/mol. The molecule has 2 heterocycles. The third kappa shape index (κ3) is 2.76. The Bertz CT molecular complexity index is 459. The van der Waals surface area contributed by atoms with E-state index in [1.54, 1.807) is 0 Å². The molecular weight excluding hydrogens is 246 g/mol. The molecule has 1 unspecified atom stereocenters. The van der Waals surface area contributed by atoms with Crippen LogP contribution in [0.5, 0.6) is 0 Å². The van der Waals surface area contributed by atoms with Crippen molar-refractivity contribution in [2.75, 3.05) is 39.3 Å². The summed E-state index contributed by atoms with van der Waals surface area (Å²) in [4.78, 5) is 5.30. The van der Waals surface area contributed by atoms with E-state index >= 15 is 0 Å². The fourth-order valence-corrected chi connectivity index (χ4v) is 3.43. The van der Waals surface area contributed by atoms with Gasteiger partial charge in [-0.05, 0) is 31.9 Å². The van der Waals surface area contributed by atoms with Crippen molar-refractivity contribution in [2.45, 2.75) is 32.9 Å². The van der Waals surface area contributed by atoms with Crippen molar-refractivity contribution >= 4 is 0 Å². The van der Waals surface area contributed by atoms with Crippen molar-refractivity contribution in [3.8, 4) is 0 Å². The topological polar surface area (TPSA) is 18.5 Å². The molecule has 20 heavy (non-hydrogen) atoms. The summed E-state index contributed by atoms with van der Waals surface area (Å²) in [5.74, 6) is 0. The largest absolute Gasteiger partial charge is 0.314 e. The first-order chi connectivity index (χ1) is 9.65. The molecule has 1 aromatic rings. The van der Waals surface area contributed by atoms with Gasteiger partial charge in [0.1, 0.15) is 0 Å². The SMILES string of the molecule is Cc1ccc(C)c(C(C)N2CCN(C3CNC3)CC2)c1. The minimum Gasteiger partial charge on any atom is -0.314 e. The highest BCUT2D eigenvalue weighted by Crippen LogP contribution is 2.26. The molecule has 0 radical (unpaired) electrons. The van der Waals surface area contributed by atoms with Crippen LogP contribution >= 0.6 is 0 Å². The van der Waals surface area contributed by atoms with Crippen molar-refractivity contribution in [1.29, 1.82) is 0 Å². The quantitative estimate of drug-likeness (QED) is 0.908. The molecule has 3 nitrogen and oxygen atoms in total.